The summed E-state index contributed by atoms with van der Waals surface area (Å²) in [4.78, 5) is 11.0. The lowest BCUT2D eigenvalue weighted by molar-refractivity contribution is -0.142. The molecule has 0 aliphatic carbocycles. The largest absolute Gasteiger partial charge is 0.481 e. The fourth-order valence-corrected chi connectivity index (χ4v) is 1.75. The summed E-state index contributed by atoms with van der Waals surface area (Å²) in [5.41, 5.74) is 10.8. The number of carbonyl (C=O) groups is 1. The summed E-state index contributed by atoms with van der Waals surface area (Å²) < 4.78 is 0. The van der Waals surface area contributed by atoms with Crippen LogP contribution in [0, 0.1) is 5.92 Å². The van der Waals surface area contributed by atoms with E-state index in [-0.39, 0.29) is 5.92 Å². The van der Waals surface area contributed by atoms with Gasteiger partial charge in [-0.15, -0.1) is 0 Å². The van der Waals surface area contributed by atoms with Gasteiger partial charge in [0.25, 0.3) is 0 Å². The Hall–Kier alpha value is -0.650. The molecule has 0 spiro atoms. The molecule has 0 saturated heterocycles. The number of hydrogen-bond donors (Lipinski definition) is 4. The lowest BCUT2D eigenvalue weighted by Gasteiger charge is -2.12. The molecule has 1 unspecified atom stereocenters. The molecule has 0 aromatic carbocycles. The zero-order valence-corrected chi connectivity index (χ0v) is 10.7. The number of hydrogen-bond acceptors (Lipinski definition) is 4. The third-order valence-electron chi connectivity index (χ3n) is 2.82. The second kappa shape index (κ2) is 11.8. The average Bonchev–Trinajstić information content (AvgIpc) is 2.31. The van der Waals surface area contributed by atoms with Gasteiger partial charge >= 0.3 is 5.97 Å². The lowest BCUT2D eigenvalue weighted by atomic mass is 9.97. The minimum Gasteiger partial charge on any atom is -0.481 e. The first kappa shape index (κ1) is 16.4. The predicted molar refractivity (Wildman–Crippen MR) is 69.8 cm³/mol. The number of nitrogens with one attached hydrogen (secondary N) is 1. The van der Waals surface area contributed by atoms with E-state index >= 15 is 0 Å². The molecule has 0 aliphatic rings. The highest BCUT2D eigenvalue weighted by atomic mass is 16.4. The van der Waals surface area contributed by atoms with E-state index in [4.69, 9.17) is 16.6 Å². The van der Waals surface area contributed by atoms with E-state index in [0.29, 0.717) is 13.1 Å². The van der Waals surface area contributed by atoms with Crippen LogP contribution in [0.3, 0.4) is 0 Å². The highest BCUT2D eigenvalue weighted by Gasteiger charge is 2.15. The predicted octanol–water partition coefficient (Wildman–Crippen LogP) is 0.535. The van der Waals surface area contributed by atoms with Crippen LogP contribution in [0.1, 0.15) is 38.5 Å². The summed E-state index contributed by atoms with van der Waals surface area (Å²) in [7, 11) is 0. The van der Waals surface area contributed by atoms with Crippen molar-refractivity contribution in [2.75, 3.05) is 26.2 Å². The average molecular weight is 245 g/mol. The SMILES string of the molecule is NCCCCC(CCCNCCCN)C(=O)O. The zero-order valence-electron chi connectivity index (χ0n) is 10.7. The summed E-state index contributed by atoms with van der Waals surface area (Å²) in [6, 6.07) is 0. The van der Waals surface area contributed by atoms with Gasteiger partial charge in [0.2, 0.25) is 0 Å². The van der Waals surface area contributed by atoms with E-state index in [1.807, 2.05) is 0 Å². The maximum atomic E-state index is 11.0. The maximum absolute atomic E-state index is 11.0. The molecule has 0 aliphatic heterocycles. The summed E-state index contributed by atoms with van der Waals surface area (Å²) in [6.07, 6.45) is 5.19. The van der Waals surface area contributed by atoms with Crippen LogP contribution in [-0.2, 0) is 4.79 Å². The van der Waals surface area contributed by atoms with E-state index < -0.39 is 5.97 Å². The van der Waals surface area contributed by atoms with Crippen LogP contribution in [0.4, 0.5) is 0 Å². The van der Waals surface area contributed by atoms with E-state index in [9.17, 15) is 4.79 Å². The number of nitrogens with two attached hydrogens (primary N) is 2. The van der Waals surface area contributed by atoms with Gasteiger partial charge in [0, 0.05) is 0 Å². The van der Waals surface area contributed by atoms with Gasteiger partial charge in [0.15, 0.2) is 0 Å². The fraction of sp³-hybridized carbons (Fsp3) is 0.917. The molecule has 0 amide bonds. The third-order valence-corrected chi connectivity index (χ3v) is 2.82. The molecular formula is C12H27N3O2. The topological polar surface area (TPSA) is 101 Å². The number of carboxylic acid groups (broad SMARTS) is 1. The van der Waals surface area contributed by atoms with Crippen LogP contribution in [0.2, 0.25) is 0 Å². The summed E-state index contributed by atoms with van der Waals surface area (Å²) >= 11 is 0. The fourth-order valence-electron chi connectivity index (χ4n) is 1.75. The highest BCUT2D eigenvalue weighted by molar-refractivity contribution is 5.69. The van der Waals surface area contributed by atoms with Crippen molar-refractivity contribution in [2.24, 2.45) is 17.4 Å². The molecule has 6 N–H and O–H groups in total. The van der Waals surface area contributed by atoms with Crippen LogP contribution >= 0.6 is 0 Å². The van der Waals surface area contributed by atoms with E-state index in [0.717, 1.165) is 51.6 Å². The zero-order chi connectivity index (χ0) is 12.9. The number of aliphatic carboxylic acids is 1. The smallest absolute Gasteiger partial charge is 0.306 e. The van der Waals surface area contributed by atoms with Gasteiger partial charge in [-0.05, 0) is 58.3 Å². The van der Waals surface area contributed by atoms with Gasteiger partial charge in [-0.3, -0.25) is 4.79 Å². The molecule has 5 heteroatoms. The normalized spacial score (nSPS) is 12.6. The minimum absolute atomic E-state index is 0.210. The van der Waals surface area contributed by atoms with Gasteiger partial charge in [-0.1, -0.05) is 6.42 Å². The first-order chi connectivity index (χ1) is 8.22. The first-order valence-electron chi connectivity index (χ1n) is 6.56. The van der Waals surface area contributed by atoms with Crippen molar-refractivity contribution in [1.29, 1.82) is 0 Å². The van der Waals surface area contributed by atoms with Crippen molar-refractivity contribution in [3.63, 3.8) is 0 Å². The number of unbranched alkanes of at least 4 members (excludes halogenated alkanes) is 1. The van der Waals surface area contributed by atoms with Crippen molar-refractivity contribution in [1.82, 2.24) is 5.32 Å². The molecule has 0 radical (unpaired) electrons. The Labute approximate surface area is 104 Å². The molecule has 0 bridgehead atoms. The maximum Gasteiger partial charge on any atom is 0.306 e. The Morgan fingerprint density at radius 2 is 1.59 bits per heavy atom. The standard InChI is InChI=1S/C12H27N3O2/c13-7-2-1-5-11(12(16)17)6-3-9-15-10-4-8-14/h11,15H,1-10,13-14H2,(H,16,17). The third kappa shape index (κ3) is 10.2. The molecule has 17 heavy (non-hydrogen) atoms. The van der Waals surface area contributed by atoms with E-state index in [1.54, 1.807) is 0 Å². The van der Waals surface area contributed by atoms with Crippen LogP contribution in [0.5, 0.6) is 0 Å². The molecule has 5 nitrogen and oxygen atoms in total. The summed E-state index contributed by atoms with van der Waals surface area (Å²) in [5, 5.41) is 12.3. The van der Waals surface area contributed by atoms with Crippen LogP contribution in [0.15, 0.2) is 0 Å². The van der Waals surface area contributed by atoms with Crippen molar-refractivity contribution in [3.8, 4) is 0 Å². The summed E-state index contributed by atoms with van der Waals surface area (Å²) in [6.45, 7) is 3.14. The molecular weight excluding hydrogens is 218 g/mol. The molecule has 102 valence electrons. The van der Waals surface area contributed by atoms with Crippen LogP contribution < -0.4 is 16.8 Å². The Bertz CT molecular complexity index is 189. The molecule has 1 atom stereocenters. The second-order valence-corrected chi connectivity index (χ2v) is 4.35. The van der Waals surface area contributed by atoms with Gasteiger partial charge in [0.05, 0.1) is 5.92 Å². The second-order valence-electron chi connectivity index (χ2n) is 4.35. The van der Waals surface area contributed by atoms with Gasteiger partial charge in [0.1, 0.15) is 0 Å². The Kier molecular flexibility index (Phi) is 11.4. The molecule has 0 heterocycles. The first-order valence-corrected chi connectivity index (χ1v) is 6.56. The minimum atomic E-state index is -0.677. The van der Waals surface area contributed by atoms with Crippen LogP contribution in [-0.4, -0.2) is 37.3 Å². The quantitative estimate of drug-likeness (QED) is 0.376. The van der Waals surface area contributed by atoms with Gasteiger partial charge < -0.3 is 21.9 Å². The monoisotopic (exact) mass is 245 g/mol. The van der Waals surface area contributed by atoms with E-state index in [1.165, 1.54) is 0 Å². The number of carboxylic acids is 1. The molecule has 0 aromatic heterocycles. The Balaban J connectivity index is 3.52. The van der Waals surface area contributed by atoms with Crippen molar-refractivity contribution < 1.29 is 9.90 Å². The molecule has 0 saturated carbocycles. The molecule has 0 rings (SSSR count). The van der Waals surface area contributed by atoms with E-state index in [2.05, 4.69) is 5.32 Å². The Morgan fingerprint density at radius 1 is 1.00 bits per heavy atom. The van der Waals surface area contributed by atoms with Gasteiger partial charge in [-0.2, -0.15) is 0 Å². The van der Waals surface area contributed by atoms with Crippen molar-refractivity contribution in [2.45, 2.75) is 38.5 Å². The number of rotatable bonds is 12. The van der Waals surface area contributed by atoms with Crippen LogP contribution in [0.25, 0.3) is 0 Å². The Morgan fingerprint density at radius 3 is 2.18 bits per heavy atom. The highest BCUT2D eigenvalue weighted by Crippen LogP contribution is 2.14. The molecule has 0 fully saturated rings. The van der Waals surface area contributed by atoms with Crippen molar-refractivity contribution in [3.05, 3.63) is 0 Å². The summed E-state index contributed by atoms with van der Waals surface area (Å²) in [5.74, 6) is -0.887. The van der Waals surface area contributed by atoms with Crippen molar-refractivity contribution >= 4 is 5.97 Å². The van der Waals surface area contributed by atoms with Gasteiger partial charge in [-0.25, -0.2) is 0 Å². The molecule has 0 aromatic rings. The lowest BCUT2D eigenvalue weighted by Crippen LogP contribution is -2.21.